The molecule has 2 aromatic carbocycles. The molecule has 3 fully saturated rings. The van der Waals surface area contributed by atoms with Gasteiger partial charge in [-0.25, -0.2) is 0 Å². The molecule has 0 aromatic heterocycles. The van der Waals surface area contributed by atoms with Gasteiger partial charge >= 0.3 is 7.12 Å². The molecular weight excluding hydrogens is 571 g/mol. The van der Waals surface area contributed by atoms with Gasteiger partial charge in [0.05, 0.1) is 17.9 Å². The summed E-state index contributed by atoms with van der Waals surface area (Å²) in [5.74, 6) is -1.25. The number of imide groups is 1. The second-order valence-electron chi connectivity index (χ2n) is 11.7. The number of benzene rings is 2. The molecule has 9 heteroatoms. The number of phenols is 1. The SMILES string of the molecule is CCCC1=C2B(O)O[C@H](c3cc(Br)ccc3O)C[C@H]2[C@H]2C(=O)N(C3CCN(Cc4ccccc4)CC3)C(=O)[C@H]2C1. The minimum absolute atomic E-state index is 0.0491. The van der Waals surface area contributed by atoms with E-state index in [2.05, 4.69) is 52.0 Å². The predicted molar refractivity (Wildman–Crippen MR) is 156 cm³/mol. The van der Waals surface area contributed by atoms with Gasteiger partial charge in [-0.1, -0.05) is 65.2 Å². The summed E-state index contributed by atoms with van der Waals surface area (Å²) in [7, 11) is -1.16. The summed E-state index contributed by atoms with van der Waals surface area (Å²) in [5, 5.41) is 21.8. The summed E-state index contributed by atoms with van der Waals surface area (Å²) in [6.45, 7) is 4.65. The maximum Gasteiger partial charge on any atom is 0.487 e. The summed E-state index contributed by atoms with van der Waals surface area (Å²) in [6, 6.07) is 15.4. The average molecular weight is 607 g/mol. The normalized spacial score (nSPS) is 27.8. The smallest absolute Gasteiger partial charge is 0.487 e. The lowest BCUT2D eigenvalue weighted by molar-refractivity contribution is -0.144. The Morgan fingerprint density at radius 2 is 1.80 bits per heavy atom. The minimum Gasteiger partial charge on any atom is -0.508 e. The number of aromatic hydroxyl groups is 1. The average Bonchev–Trinajstić information content (AvgIpc) is 3.20. The Labute approximate surface area is 244 Å². The number of carbonyl (C=O) groups excluding carboxylic acids is 2. The highest BCUT2D eigenvalue weighted by molar-refractivity contribution is 9.10. The molecule has 0 spiro atoms. The molecule has 0 saturated carbocycles. The molecule has 0 radical (unpaired) electrons. The highest BCUT2D eigenvalue weighted by atomic mass is 79.9. The zero-order valence-electron chi connectivity index (χ0n) is 22.8. The van der Waals surface area contributed by atoms with Gasteiger partial charge in [0.15, 0.2) is 0 Å². The molecule has 1 aliphatic carbocycles. The molecule has 4 aliphatic rings. The highest BCUT2D eigenvalue weighted by Gasteiger charge is 2.59. The van der Waals surface area contributed by atoms with Gasteiger partial charge in [-0.05, 0) is 67.3 Å². The lowest BCUT2D eigenvalue weighted by atomic mass is 9.54. The number of halogens is 1. The van der Waals surface area contributed by atoms with Crippen molar-refractivity contribution < 1.29 is 24.4 Å². The number of carbonyl (C=O) groups is 2. The largest absolute Gasteiger partial charge is 0.508 e. The molecule has 2 aromatic rings. The van der Waals surface area contributed by atoms with Crippen LogP contribution in [0.4, 0.5) is 0 Å². The number of piperidine rings is 1. The number of nitrogens with zero attached hydrogens (tertiary/aromatic N) is 2. The standard InChI is InChI=1S/C31H36BBrN2O5/c1-2-6-20-15-25-28(24-17-27(40-32(39)29(20)24)23-16-21(33)9-10-26(23)36)31(38)35(30(25)37)22-11-13-34(14-12-22)18-19-7-4-3-5-8-19/h3-5,7-10,16,22,24-25,27-28,36,39H,2,6,11-15,17-18H2,1H3/t24-,25-,27-,28+/m0/s1. The zero-order valence-corrected chi connectivity index (χ0v) is 24.4. The second kappa shape index (κ2) is 11.4. The van der Waals surface area contributed by atoms with Gasteiger partial charge in [-0.3, -0.25) is 19.4 Å². The third-order valence-corrected chi connectivity index (χ3v) is 9.80. The lowest BCUT2D eigenvalue weighted by Crippen LogP contribution is -2.48. The molecule has 3 heterocycles. The van der Waals surface area contributed by atoms with Gasteiger partial charge in [-0.2, -0.15) is 0 Å². The Kier molecular flexibility index (Phi) is 7.92. The van der Waals surface area contributed by atoms with Crippen LogP contribution in [0, 0.1) is 17.8 Å². The minimum atomic E-state index is -1.16. The van der Waals surface area contributed by atoms with Gasteiger partial charge in [0.25, 0.3) is 0 Å². The highest BCUT2D eigenvalue weighted by Crippen LogP contribution is 2.53. The first-order chi connectivity index (χ1) is 19.4. The number of rotatable bonds is 6. The fourth-order valence-electron chi connectivity index (χ4n) is 7.49. The first-order valence-corrected chi connectivity index (χ1v) is 15.3. The fraction of sp³-hybridized carbons (Fsp3) is 0.484. The number of fused-ring (bicyclic) bond motifs is 3. The predicted octanol–water partition coefficient (Wildman–Crippen LogP) is 5.02. The van der Waals surface area contributed by atoms with Gasteiger partial charge in [0.2, 0.25) is 11.8 Å². The van der Waals surface area contributed by atoms with Crippen LogP contribution in [-0.4, -0.2) is 58.0 Å². The molecule has 0 bridgehead atoms. The monoisotopic (exact) mass is 606 g/mol. The number of phenolic OH excluding ortho intramolecular Hbond substituents is 1. The maximum atomic E-state index is 14.1. The Balaban J connectivity index is 1.24. The lowest BCUT2D eigenvalue weighted by Gasteiger charge is -2.42. The molecule has 3 saturated heterocycles. The third kappa shape index (κ3) is 5.06. The molecular formula is C31H36BBrN2O5. The van der Waals surface area contributed by atoms with Crippen LogP contribution in [0.1, 0.15) is 62.7 Å². The van der Waals surface area contributed by atoms with Crippen LogP contribution in [0.3, 0.4) is 0 Å². The van der Waals surface area contributed by atoms with Crippen molar-refractivity contribution in [3.8, 4) is 5.75 Å². The Morgan fingerprint density at radius 3 is 2.52 bits per heavy atom. The van der Waals surface area contributed by atoms with Crippen LogP contribution in [-0.2, 0) is 20.8 Å². The number of likely N-dealkylation sites (tertiary alicyclic amines) is 2. The third-order valence-electron chi connectivity index (χ3n) is 9.30. The first kappa shape index (κ1) is 27.7. The summed E-state index contributed by atoms with van der Waals surface area (Å²) >= 11 is 3.47. The van der Waals surface area contributed by atoms with Gasteiger partial charge in [-0.15, -0.1) is 0 Å². The number of allylic oxidation sites excluding steroid dienone is 2. The van der Waals surface area contributed by atoms with Crippen molar-refractivity contribution in [2.24, 2.45) is 17.8 Å². The Morgan fingerprint density at radius 1 is 1.05 bits per heavy atom. The summed E-state index contributed by atoms with van der Waals surface area (Å²) in [4.78, 5) is 32.0. The van der Waals surface area contributed by atoms with E-state index in [4.69, 9.17) is 4.65 Å². The van der Waals surface area contributed by atoms with Crippen LogP contribution in [0.25, 0.3) is 0 Å². The molecule has 0 unspecified atom stereocenters. The molecule has 7 nitrogen and oxygen atoms in total. The van der Waals surface area contributed by atoms with Crippen molar-refractivity contribution in [1.29, 1.82) is 0 Å². The molecule has 6 rings (SSSR count). The zero-order chi connectivity index (χ0) is 28.0. The molecule has 3 aliphatic heterocycles. The van der Waals surface area contributed by atoms with Crippen molar-refractivity contribution in [2.45, 2.75) is 64.1 Å². The van der Waals surface area contributed by atoms with Crippen molar-refractivity contribution in [3.63, 3.8) is 0 Å². The maximum absolute atomic E-state index is 14.1. The van der Waals surface area contributed by atoms with E-state index in [0.717, 1.165) is 60.8 Å². The van der Waals surface area contributed by atoms with Crippen LogP contribution in [0.5, 0.6) is 5.75 Å². The Hall–Kier alpha value is -2.46. The Bertz CT molecular complexity index is 1310. The summed E-state index contributed by atoms with van der Waals surface area (Å²) < 4.78 is 6.87. The topological polar surface area (TPSA) is 90.3 Å². The van der Waals surface area contributed by atoms with Gasteiger partial charge in [0, 0.05) is 35.7 Å². The van der Waals surface area contributed by atoms with E-state index in [1.807, 2.05) is 6.07 Å². The van der Waals surface area contributed by atoms with Gasteiger partial charge < -0.3 is 14.8 Å². The van der Waals surface area contributed by atoms with Crippen LogP contribution in [0.2, 0.25) is 0 Å². The van der Waals surface area contributed by atoms with Gasteiger partial charge in [0.1, 0.15) is 5.75 Å². The van der Waals surface area contributed by atoms with Crippen LogP contribution in [0.15, 0.2) is 64.0 Å². The van der Waals surface area contributed by atoms with Crippen molar-refractivity contribution in [1.82, 2.24) is 9.80 Å². The molecule has 2 amide bonds. The molecule has 40 heavy (non-hydrogen) atoms. The van der Waals surface area contributed by atoms with Crippen LogP contribution < -0.4 is 0 Å². The van der Waals surface area contributed by atoms with E-state index in [9.17, 15) is 19.7 Å². The van der Waals surface area contributed by atoms with E-state index in [-0.39, 0.29) is 29.5 Å². The molecule has 2 N–H and O–H groups in total. The number of amides is 2. The van der Waals surface area contributed by atoms with Crippen molar-refractivity contribution >= 4 is 34.9 Å². The van der Waals surface area contributed by atoms with E-state index in [1.54, 1.807) is 23.1 Å². The van der Waals surface area contributed by atoms with Crippen LogP contribution >= 0.6 is 15.9 Å². The second-order valence-corrected chi connectivity index (χ2v) is 12.6. The molecule has 210 valence electrons. The van der Waals surface area contributed by atoms with E-state index in [0.29, 0.717) is 18.4 Å². The van der Waals surface area contributed by atoms with Crippen molar-refractivity contribution in [3.05, 3.63) is 75.2 Å². The quantitative estimate of drug-likeness (QED) is 0.355. The van der Waals surface area contributed by atoms with E-state index in [1.165, 1.54) is 5.56 Å². The summed E-state index contributed by atoms with van der Waals surface area (Å²) in [5.41, 5.74) is 3.69. The van der Waals surface area contributed by atoms with Crippen molar-refractivity contribution in [2.75, 3.05) is 13.1 Å². The summed E-state index contributed by atoms with van der Waals surface area (Å²) in [6.07, 6.45) is 3.56. The number of hydrogen-bond donors (Lipinski definition) is 2. The van der Waals surface area contributed by atoms with E-state index >= 15 is 0 Å². The molecule has 4 atom stereocenters. The number of hydrogen-bond acceptors (Lipinski definition) is 6. The van der Waals surface area contributed by atoms with E-state index < -0.39 is 25.1 Å². The fourth-order valence-corrected chi connectivity index (χ4v) is 7.87. The first-order valence-electron chi connectivity index (χ1n) is 14.5.